The first-order valence-corrected chi connectivity index (χ1v) is 9.55. The molecule has 0 aliphatic heterocycles. The van der Waals surface area contributed by atoms with Crippen molar-refractivity contribution in [1.82, 2.24) is 10.2 Å². The van der Waals surface area contributed by atoms with Crippen molar-refractivity contribution in [2.45, 2.75) is 13.1 Å². The molecule has 0 saturated heterocycles. The summed E-state index contributed by atoms with van der Waals surface area (Å²) < 4.78 is 15.8. The Kier molecular flexibility index (Phi) is 12.0. The first-order valence-electron chi connectivity index (χ1n) is 9.55. The van der Waals surface area contributed by atoms with Gasteiger partial charge in [0.05, 0.1) is 20.8 Å². The fraction of sp³-hybridized carbons (Fsp3) is 0.409. The topological polar surface area (TPSA) is 67.4 Å². The van der Waals surface area contributed by atoms with Crippen molar-refractivity contribution in [2.75, 3.05) is 53.9 Å². The van der Waals surface area contributed by atoms with Crippen molar-refractivity contribution in [2.24, 2.45) is 4.99 Å². The molecule has 0 amide bonds. The molecular weight excluding hydrogens is 495 g/mol. The van der Waals surface area contributed by atoms with E-state index in [1.165, 1.54) is 5.56 Å². The van der Waals surface area contributed by atoms with E-state index in [9.17, 15) is 0 Å². The standard InChI is InChI=1S/C22H32N4O3.HI/c1-23-22(25-15-17-6-9-19(10-7-17)24-12-13-27-3)26(2)16-18-8-11-20(28-4)14-21(18)29-5;/h6-11,14,24H,12-13,15-16H2,1-5H3,(H,23,25);1H. The molecule has 2 aromatic rings. The lowest BCUT2D eigenvalue weighted by Crippen LogP contribution is -2.38. The lowest BCUT2D eigenvalue weighted by atomic mass is 10.2. The Morgan fingerprint density at radius 1 is 1.03 bits per heavy atom. The minimum atomic E-state index is 0. The van der Waals surface area contributed by atoms with E-state index in [-0.39, 0.29) is 24.0 Å². The van der Waals surface area contributed by atoms with Gasteiger partial charge in [0.15, 0.2) is 5.96 Å². The lowest BCUT2D eigenvalue weighted by Gasteiger charge is -2.23. The normalized spacial score (nSPS) is 10.8. The molecule has 0 atom stereocenters. The molecular formula is C22H33IN4O3. The summed E-state index contributed by atoms with van der Waals surface area (Å²) in [5, 5.41) is 6.72. The highest BCUT2D eigenvalue weighted by atomic mass is 127. The molecule has 0 fully saturated rings. The average Bonchev–Trinajstić information content (AvgIpc) is 2.75. The van der Waals surface area contributed by atoms with Gasteiger partial charge in [-0.1, -0.05) is 12.1 Å². The Balaban J connectivity index is 0.00000450. The van der Waals surface area contributed by atoms with Gasteiger partial charge in [0.2, 0.25) is 0 Å². The van der Waals surface area contributed by atoms with Gasteiger partial charge in [-0.05, 0) is 29.8 Å². The molecule has 0 radical (unpaired) electrons. The SMILES string of the molecule is CN=C(NCc1ccc(NCCOC)cc1)N(C)Cc1ccc(OC)cc1OC.I. The van der Waals surface area contributed by atoms with Gasteiger partial charge in [0.25, 0.3) is 0 Å². The highest BCUT2D eigenvalue weighted by Crippen LogP contribution is 2.25. The summed E-state index contributed by atoms with van der Waals surface area (Å²) in [7, 11) is 8.80. The highest BCUT2D eigenvalue weighted by Gasteiger charge is 2.11. The Bertz CT molecular complexity index is 784. The predicted octanol–water partition coefficient (Wildman–Crippen LogP) is 3.59. The highest BCUT2D eigenvalue weighted by molar-refractivity contribution is 14.0. The fourth-order valence-electron chi connectivity index (χ4n) is 2.92. The number of nitrogens with zero attached hydrogens (tertiary/aromatic N) is 2. The largest absolute Gasteiger partial charge is 0.497 e. The van der Waals surface area contributed by atoms with Gasteiger partial charge in [-0.2, -0.15) is 0 Å². The number of ether oxygens (including phenoxy) is 3. The summed E-state index contributed by atoms with van der Waals surface area (Å²) in [6.07, 6.45) is 0. The van der Waals surface area contributed by atoms with Crippen molar-refractivity contribution >= 4 is 35.6 Å². The van der Waals surface area contributed by atoms with E-state index in [4.69, 9.17) is 14.2 Å². The van der Waals surface area contributed by atoms with Crippen LogP contribution in [0.2, 0.25) is 0 Å². The Morgan fingerprint density at radius 3 is 2.37 bits per heavy atom. The zero-order valence-electron chi connectivity index (χ0n) is 18.4. The second kappa shape index (κ2) is 13.9. The van der Waals surface area contributed by atoms with Crippen molar-refractivity contribution in [3.63, 3.8) is 0 Å². The van der Waals surface area contributed by atoms with Crippen molar-refractivity contribution < 1.29 is 14.2 Å². The summed E-state index contributed by atoms with van der Waals surface area (Å²) in [5.41, 5.74) is 3.32. The second-order valence-corrected chi connectivity index (χ2v) is 6.55. The quantitative estimate of drug-likeness (QED) is 0.213. The number of anilines is 1. The number of guanidine groups is 1. The molecule has 2 rings (SSSR count). The third-order valence-corrected chi connectivity index (χ3v) is 4.52. The van der Waals surface area contributed by atoms with Crippen molar-refractivity contribution in [3.05, 3.63) is 53.6 Å². The molecule has 0 saturated carbocycles. The van der Waals surface area contributed by atoms with E-state index < -0.39 is 0 Å². The van der Waals surface area contributed by atoms with Gasteiger partial charge in [0, 0.05) is 58.2 Å². The van der Waals surface area contributed by atoms with Gasteiger partial charge in [-0.3, -0.25) is 4.99 Å². The van der Waals surface area contributed by atoms with Crippen LogP contribution >= 0.6 is 24.0 Å². The van der Waals surface area contributed by atoms with E-state index in [1.807, 2.05) is 25.2 Å². The number of hydrogen-bond donors (Lipinski definition) is 2. The molecule has 0 aliphatic carbocycles. The van der Waals surface area contributed by atoms with Crippen LogP contribution in [0.15, 0.2) is 47.5 Å². The molecule has 30 heavy (non-hydrogen) atoms. The Hall–Kier alpha value is -2.20. The van der Waals surface area contributed by atoms with Crippen molar-refractivity contribution in [1.29, 1.82) is 0 Å². The average molecular weight is 528 g/mol. The number of halogens is 1. The Labute approximate surface area is 196 Å². The lowest BCUT2D eigenvalue weighted by molar-refractivity contribution is 0.211. The second-order valence-electron chi connectivity index (χ2n) is 6.55. The van der Waals surface area contributed by atoms with Crippen LogP contribution in [-0.4, -0.2) is 59.4 Å². The number of hydrogen-bond acceptors (Lipinski definition) is 5. The maximum Gasteiger partial charge on any atom is 0.193 e. The molecule has 0 aliphatic rings. The van der Waals surface area contributed by atoms with Crippen molar-refractivity contribution in [3.8, 4) is 11.5 Å². The van der Waals surface area contributed by atoms with E-state index in [1.54, 1.807) is 28.4 Å². The molecule has 8 heteroatoms. The number of rotatable bonds is 10. The zero-order valence-corrected chi connectivity index (χ0v) is 20.7. The van der Waals surface area contributed by atoms with Crippen LogP contribution in [0.3, 0.4) is 0 Å². The summed E-state index contributed by atoms with van der Waals surface area (Å²) in [5.74, 6) is 2.38. The molecule has 0 unspecified atom stereocenters. The van der Waals surface area contributed by atoms with Crippen LogP contribution < -0.4 is 20.1 Å². The first kappa shape index (κ1) is 25.8. The number of benzene rings is 2. The third-order valence-electron chi connectivity index (χ3n) is 4.52. The summed E-state index contributed by atoms with van der Waals surface area (Å²) in [6, 6.07) is 14.2. The smallest absolute Gasteiger partial charge is 0.193 e. The van der Waals surface area contributed by atoms with Gasteiger partial charge in [-0.25, -0.2) is 0 Å². The molecule has 0 heterocycles. The maximum absolute atomic E-state index is 5.50. The number of nitrogens with one attached hydrogen (secondary N) is 2. The minimum absolute atomic E-state index is 0. The molecule has 2 aromatic carbocycles. The van der Waals surface area contributed by atoms with E-state index in [0.717, 1.165) is 35.3 Å². The van der Waals surface area contributed by atoms with Gasteiger partial charge in [-0.15, -0.1) is 24.0 Å². The van der Waals surface area contributed by atoms with Crippen LogP contribution in [0.25, 0.3) is 0 Å². The van der Waals surface area contributed by atoms with Crippen LogP contribution in [-0.2, 0) is 17.8 Å². The number of methoxy groups -OCH3 is 3. The predicted molar refractivity (Wildman–Crippen MR) is 133 cm³/mol. The summed E-state index contributed by atoms with van der Waals surface area (Å²) >= 11 is 0. The summed E-state index contributed by atoms with van der Waals surface area (Å²) in [6.45, 7) is 2.83. The first-order chi connectivity index (χ1) is 14.1. The zero-order chi connectivity index (χ0) is 21.1. The number of aliphatic imine (C=N–C) groups is 1. The van der Waals surface area contributed by atoms with E-state index in [2.05, 4.69) is 44.8 Å². The van der Waals surface area contributed by atoms with Crippen LogP contribution in [0.5, 0.6) is 11.5 Å². The van der Waals surface area contributed by atoms with Crippen LogP contribution in [0.4, 0.5) is 5.69 Å². The molecule has 7 nitrogen and oxygen atoms in total. The summed E-state index contributed by atoms with van der Waals surface area (Å²) in [4.78, 5) is 6.46. The Morgan fingerprint density at radius 2 is 1.77 bits per heavy atom. The van der Waals surface area contributed by atoms with Gasteiger partial charge < -0.3 is 29.7 Å². The third kappa shape index (κ3) is 7.91. The monoisotopic (exact) mass is 528 g/mol. The van der Waals surface area contributed by atoms with Crippen LogP contribution in [0.1, 0.15) is 11.1 Å². The fourth-order valence-corrected chi connectivity index (χ4v) is 2.92. The van der Waals surface area contributed by atoms with Gasteiger partial charge in [0.1, 0.15) is 11.5 Å². The maximum atomic E-state index is 5.50. The molecule has 2 N–H and O–H groups in total. The molecule has 0 bridgehead atoms. The van der Waals surface area contributed by atoms with Crippen LogP contribution in [0, 0.1) is 0 Å². The van der Waals surface area contributed by atoms with E-state index in [0.29, 0.717) is 19.7 Å². The van der Waals surface area contributed by atoms with E-state index >= 15 is 0 Å². The molecule has 0 aromatic heterocycles. The molecule has 166 valence electrons. The minimum Gasteiger partial charge on any atom is -0.497 e. The molecule has 0 spiro atoms. The van der Waals surface area contributed by atoms with Gasteiger partial charge >= 0.3 is 0 Å².